The van der Waals surface area contributed by atoms with E-state index in [1.54, 1.807) is 0 Å². The monoisotopic (exact) mass is 218 g/mol. The number of allylic oxidation sites excluding steroid dienone is 1. The molecule has 2 N–H and O–H groups in total. The molecule has 5 unspecified atom stereocenters. The summed E-state index contributed by atoms with van der Waals surface area (Å²) in [7, 11) is 2.12. The molecule has 2 aliphatic heterocycles. The van der Waals surface area contributed by atoms with Gasteiger partial charge in [0.1, 0.15) is 5.76 Å². The van der Waals surface area contributed by atoms with Gasteiger partial charge in [-0.1, -0.05) is 12.2 Å². The van der Waals surface area contributed by atoms with Crippen LogP contribution in [-0.2, 0) is 0 Å². The third-order valence-electron chi connectivity index (χ3n) is 4.20. The normalized spacial score (nSPS) is 45.2. The summed E-state index contributed by atoms with van der Waals surface area (Å²) in [5.74, 6) is 1.43. The van der Waals surface area contributed by atoms with Gasteiger partial charge in [-0.3, -0.25) is 0 Å². The summed E-state index contributed by atoms with van der Waals surface area (Å²) in [5, 5.41) is 13.1. The molecule has 3 nitrogen and oxygen atoms in total. The highest BCUT2D eigenvalue weighted by Gasteiger charge is 2.44. The molecule has 0 spiro atoms. The maximum atomic E-state index is 9.51. The first kappa shape index (κ1) is 9.97. The Morgan fingerprint density at radius 3 is 2.94 bits per heavy atom. The molecular weight excluding hydrogens is 200 g/mol. The summed E-state index contributed by atoms with van der Waals surface area (Å²) in [6.45, 7) is 2.25. The van der Waals surface area contributed by atoms with Crippen LogP contribution in [0.4, 0.5) is 0 Å². The van der Waals surface area contributed by atoms with Crippen LogP contribution in [0.15, 0.2) is 36.3 Å². The Labute approximate surface area is 96.1 Å². The third-order valence-corrected chi connectivity index (χ3v) is 4.20. The van der Waals surface area contributed by atoms with Gasteiger partial charge in [-0.15, -0.1) is 0 Å². The Hall–Kier alpha value is -1.22. The number of aliphatic hydroxyl groups is 1. The minimum Gasteiger partial charge on any atom is -0.508 e. The zero-order valence-corrected chi connectivity index (χ0v) is 9.67. The van der Waals surface area contributed by atoms with Crippen molar-refractivity contribution in [3.05, 3.63) is 36.3 Å². The lowest BCUT2D eigenvalue weighted by Crippen LogP contribution is -2.48. The van der Waals surface area contributed by atoms with Gasteiger partial charge in [-0.2, -0.15) is 0 Å². The van der Waals surface area contributed by atoms with Crippen LogP contribution < -0.4 is 5.32 Å². The van der Waals surface area contributed by atoms with Crippen LogP contribution in [0.5, 0.6) is 0 Å². The predicted molar refractivity (Wildman–Crippen MR) is 63.9 cm³/mol. The lowest BCUT2D eigenvalue weighted by Gasteiger charge is -2.36. The summed E-state index contributed by atoms with van der Waals surface area (Å²) >= 11 is 0. The largest absolute Gasteiger partial charge is 0.508 e. The van der Waals surface area contributed by atoms with Gasteiger partial charge in [0.25, 0.3) is 0 Å². The zero-order chi connectivity index (χ0) is 11.3. The van der Waals surface area contributed by atoms with Crippen LogP contribution in [0.25, 0.3) is 0 Å². The minimum atomic E-state index is 0.290. The van der Waals surface area contributed by atoms with Crippen LogP contribution in [0.1, 0.15) is 6.92 Å². The molecule has 1 saturated heterocycles. The molecule has 3 aliphatic rings. The fourth-order valence-corrected chi connectivity index (χ4v) is 3.11. The van der Waals surface area contributed by atoms with Crippen LogP contribution >= 0.6 is 0 Å². The molecule has 0 bridgehead atoms. The Bertz CT molecular complexity index is 385. The molecule has 0 aromatic heterocycles. The number of hydrogen-bond acceptors (Lipinski definition) is 3. The fourth-order valence-electron chi connectivity index (χ4n) is 3.11. The molecule has 2 heterocycles. The molecule has 3 rings (SSSR count). The molecule has 0 radical (unpaired) electrons. The molecule has 5 atom stereocenters. The van der Waals surface area contributed by atoms with Gasteiger partial charge in [0.05, 0.1) is 0 Å². The van der Waals surface area contributed by atoms with Gasteiger partial charge in [0.15, 0.2) is 0 Å². The summed E-state index contributed by atoms with van der Waals surface area (Å²) in [6.07, 6.45) is 10.4. The fraction of sp³-hybridized carbons (Fsp3) is 0.538. The van der Waals surface area contributed by atoms with Gasteiger partial charge < -0.3 is 15.3 Å². The lowest BCUT2D eigenvalue weighted by molar-refractivity contribution is 0.238. The van der Waals surface area contributed by atoms with Crippen molar-refractivity contribution in [3.8, 4) is 0 Å². The summed E-state index contributed by atoms with van der Waals surface area (Å²) < 4.78 is 0. The van der Waals surface area contributed by atoms with Crippen LogP contribution in [0.2, 0.25) is 0 Å². The summed E-state index contributed by atoms with van der Waals surface area (Å²) in [5.41, 5.74) is 0. The van der Waals surface area contributed by atoms with E-state index in [1.807, 2.05) is 12.2 Å². The van der Waals surface area contributed by atoms with E-state index in [0.29, 0.717) is 35.7 Å². The number of aliphatic hydroxyl groups excluding tert-OH is 1. The Balaban J connectivity index is 1.92. The van der Waals surface area contributed by atoms with Gasteiger partial charge in [-0.25, -0.2) is 0 Å². The van der Waals surface area contributed by atoms with Crippen molar-refractivity contribution in [1.82, 2.24) is 10.2 Å². The number of fused-ring (bicyclic) bond motifs is 3. The van der Waals surface area contributed by atoms with Crippen molar-refractivity contribution in [1.29, 1.82) is 0 Å². The maximum absolute atomic E-state index is 9.51. The van der Waals surface area contributed by atoms with Crippen molar-refractivity contribution in [2.45, 2.75) is 25.0 Å². The Morgan fingerprint density at radius 2 is 2.12 bits per heavy atom. The molecule has 0 saturated carbocycles. The van der Waals surface area contributed by atoms with E-state index in [4.69, 9.17) is 0 Å². The molecule has 1 aliphatic carbocycles. The molecule has 16 heavy (non-hydrogen) atoms. The smallest absolute Gasteiger partial charge is 0.112 e. The molecule has 86 valence electrons. The van der Waals surface area contributed by atoms with Crippen LogP contribution in [0, 0.1) is 11.8 Å². The molecule has 3 heteroatoms. The van der Waals surface area contributed by atoms with Gasteiger partial charge in [-0.05, 0) is 25.3 Å². The first-order valence-electron chi connectivity index (χ1n) is 5.92. The van der Waals surface area contributed by atoms with Crippen LogP contribution in [0.3, 0.4) is 0 Å². The predicted octanol–water partition coefficient (Wildman–Crippen LogP) is 1.42. The van der Waals surface area contributed by atoms with E-state index in [-0.39, 0.29) is 0 Å². The van der Waals surface area contributed by atoms with Gasteiger partial charge in [0.2, 0.25) is 0 Å². The van der Waals surface area contributed by atoms with Gasteiger partial charge >= 0.3 is 0 Å². The number of hydrogen-bond donors (Lipinski definition) is 2. The molecular formula is C13H18N2O. The first-order chi connectivity index (χ1) is 7.66. The lowest BCUT2D eigenvalue weighted by atomic mass is 9.81. The van der Waals surface area contributed by atoms with E-state index in [1.165, 1.54) is 0 Å². The second kappa shape index (κ2) is 3.39. The Kier molecular flexibility index (Phi) is 2.11. The number of nitrogens with one attached hydrogen (secondary N) is 1. The quantitative estimate of drug-likeness (QED) is 0.645. The number of nitrogens with zero attached hydrogens (tertiary/aromatic N) is 1. The minimum absolute atomic E-state index is 0.290. The average molecular weight is 218 g/mol. The highest BCUT2D eigenvalue weighted by Crippen LogP contribution is 2.37. The zero-order valence-electron chi connectivity index (χ0n) is 9.67. The standard InChI is InChI=1S/C13H18N2O/c1-8-13-11(5-6-15(8)2)10-4-3-9(16)7-12(10)14-13/h3-8,10-14,16H,1-2H3. The molecule has 0 aromatic rings. The summed E-state index contributed by atoms with van der Waals surface area (Å²) in [4.78, 5) is 2.25. The highest BCUT2D eigenvalue weighted by molar-refractivity contribution is 5.29. The van der Waals surface area contributed by atoms with E-state index < -0.39 is 0 Å². The van der Waals surface area contributed by atoms with Crippen molar-refractivity contribution in [2.24, 2.45) is 11.8 Å². The van der Waals surface area contributed by atoms with Crippen LogP contribution in [-0.4, -0.2) is 35.2 Å². The first-order valence-corrected chi connectivity index (χ1v) is 5.92. The van der Waals surface area contributed by atoms with E-state index >= 15 is 0 Å². The van der Waals surface area contributed by atoms with E-state index in [0.717, 1.165) is 0 Å². The molecule has 0 amide bonds. The van der Waals surface area contributed by atoms with Crippen molar-refractivity contribution >= 4 is 0 Å². The third kappa shape index (κ3) is 1.31. The number of likely N-dealkylation sites (N-methyl/N-ethyl adjacent to an activating group) is 1. The van der Waals surface area contributed by atoms with E-state index in [2.05, 4.69) is 42.5 Å². The Morgan fingerprint density at radius 1 is 1.31 bits per heavy atom. The highest BCUT2D eigenvalue weighted by atomic mass is 16.3. The molecule has 1 fully saturated rings. The van der Waals surface area contributed by atoms with Crippen molar-refractivity contribution < 1.29 is 5.11 Å². The second-order valence-corrected chi connectivity index (χ2v) is 5.07. The van der Waals surface area contributed by atoms with Crippen molar-refractivity contribution in [3.63, 3.8) is 0 Å². The van der Waals surface area contributed by atoms with Crippen molar-refractivity contribution in [2.75, 3.05) is 7.05 Å². The van der Waals surface area contributed by atoms with Gasteiger partial charge in [0, 0.05) is 37.0 Å². The SMILES string of the molecule is CC1C2NC3C=C(O)C=CC3C2C=CN1C. The summed E-state index contributed by atoms with van der Waals surface area (Å²) in [6, 6.07) is 1.28. The molecule has 0 aromatic carbocycles. The average Bonchev–Trinajstić information content (AvgIpc) is 2.62. The maximum Gasteiger partial charge on any atom is 0.112 e. The van der Waals surface area contributed by atoms with E-state index in [9.17, 15) is 5.11 Å². The second-order valence-electron chi connectivity index (χ2n) is 5.07. The number of rotatable bonds is 0. The topological polar surface area (TPSA) is 35.5 Å².